The number of hydrogen-bond acceptors (Lipinski definition) is 5. The first-order valence-electron chi connectivity index (χ1n) is 5.61. The minimum Gasteiger partial charge on any atom is -0.375 e. The second kappa shape index (κ2) is 3.78. The molecule has 0 aliphatic heterocycles. The van der Waals surface area contributed by atoms with E-state index in [4.69, 9.17) is 11.5 Å². The lowest BCUT2D eigenvalue weighted by atomic mass is 9.79. The molecule has 0 spiro atoms. The minimum absolute atomic E-state index is 0.319. The number of pyridine rings is 1. The Labute approximate surface area is 104 Å². The van der Waals surface area contributed by atoms with Crippen LogP contribution in [-0.2, 0) is 18.4 Å². The van der Waals surface area contributed by atoms with Gasteiger partial charge < -0.3 is 11.5 Å². The fourth-order valence-electron chi connectivity index (χ4n) is 2.36. The summed E-state index contributed by atoms with van der Waals surface area (Å²) in [5, 5.41) is 0.644. The van der Waals surface area contributed by atoms with Crippen LogP contribution in [0.5, 0.6) is 0 Å². The highest BCUT2D eigenvalue weighted by Gasteiger charge is 2.34. The third-order valence-corrected chi connectivity index (χ3v) is 4.24. The Kier molecular flexibility index (Phi) is 2.38. The molecule has 5 heteroatoms. The van der Waals surface area contributed by atoms with Crippen LogP contribution in [0.1, 0.15) is 22.6 Å². The summed E-state index contributed by atoms with van der Waals surface area (Å²) in [4.78, 5) is 9.71. The predicted molar refractivity (Wildman–Crippen MR) is 68.7 cm³/mol. The lowest BCUT2D eigenvalue weighted by Crippen LogP contribution is -2.41. The summed E-state index contributed by atoms with van der Waals surface area (Å²) < 4.78 is 0. The Morgan fingerprint density at radius 1 is 1.41 bits per heavy atom. The Bertz CT molecular complexity index is 537. The molecule has 1 aliphatic carbocycles. The second-order valence-corrected chi connectivity index (χ2v) is 5.61. The summed E-state index contributed by atoms with van der Waals surface area (Å²) in [5.41, 5.74) is 14.1. The largest absolute Gasteiger partial charge is 0.375 e. The van der Waals surface area contributed by atoms with Gasteiger partial charge in [-0.05, 0) is 24.5 Å². The first-order chi connectivity index (χ1) is 8.17. The van der Waals surface area contributed by atoms with Crippen LogP contribution >= 0.6 is 11.3 Å². The van der Waals surface area contributed by atoms with E-state index < -0.39 is 0 Å². The number of nitrogens with two attached hydrogens (primary N) is 2. The number of aromatic nitrogens is 2. The van der Waals surface area contributed by atoms with Crippen LogP contribution in [0, 0.1) is 0 Å². The van der Waals surface area contributed by atoms with Gasteiger partial charge in [0.2, 0.25) is 0 Å². The van der Waals surface area contributed by atoms with Crippen LogP contribution in [0.4, 0.5) is 5.13 Å². The van der Waals surface area contributed by atoms with E-state index in [1.54, 1.807) is 17.5 Å². The number of anilines is 1. The number of aryl methyl sites for hydroxylation is 1. The highest BCUT2D eigenvalue weighted by atomic mass is 32.1. The molecule has 4 N–H and O–H groups in total. The van der Waals surface area contributed by atoms with Crippen LogP contribution in [-0.4, -0.2) is 9.97 Å². The van der Waals surface area contributed by atoms with Gasteiger partial charge in [0.05, 0.1) is 5.69 Å². The first kappa shape index (κ1) is 10.7. The normalized spacial score (nSPS) is 23.4. The van der Waals surface area contributed by atoms with Crippen LogP contribution < -0.4 is 11.5 Å². The molecule has 1 atom stereocenters. The smallest absolute Gasteiger partial charge is 0.180 e. The molecule has 1 aliphatic rings. The molecule has 1 unspecified atom stereocenters. The molecule has 17 heavy (non-hydrogen) atoms. The van der Waals surface area contributed by atoms with Crippen molar-refractivity contribution in [2.75, 3.05) is 5.73 Å². The van der Waals surface area contributed by atoms with Gasteiger partial charge in [-0.15, -0.1) is 11.3 Å². The maximum Gasteiger partial charge on any atom is 0.180 e. The maximum atomic E-state index is 6.50. The van der Waals surface area contributed by atoms with Gasteiger partial charge in [0.25, 0.3) is 0 Å². The molecule has 0 amide bonds. The third kappa shape index (κ3) is 1.81. The number of rotatable bonds is 1. The fraction of sp³-hybridized carbons (Fsp3) is 0.333. The molecule has 2 aromatic heterocycles. The Balaban J connectivity index is 1.97. The molecular weight excluding hydrogens is 232 g/mol. The van der Waals surface area contributed by atoms with Crippen molar-refractivity contribution in [2.24, 2.45) is 5.73 Å². The van der Waals surface area contributed by atoms with Gasteiger partial charge >= 0.3 is 0 Å². The minimum atomic E-state index is -0.319. The quantitative estimate of drug-likeness (QED) is 0.798. The lowest BCUT2D eigenvalue weighted by molar-refractivity contribution is 0.385. The summed E-state index contributed by atoms with van der Waals surface area (Å²) in [5.74, 6) is 0. The van der Waals surface area contributed by atoms with Crippen molar-refractivity contribution < 1.29 is 0 Å². The molecule has 0 aromatic carbocycles. The molecule has 0 bridgehead atoms. The summed E-state index contributed by atoms with van der Waals surface area (Å²) in [6.07, 6.45) is 6.23. The number of thiazole rings is 1. The molecule has 88 valence electrons. The van der Waals surface area contributed by atoms with Gasteiger partial charge in [-0.1, -0.05) is 6.07 Å². The molecule has 3 rings (SSSR count). The number of nitrogens with zero attached hydrogens (tertiary/aromatic N) is 2. The van der Waals surface area contributed by atoms with Crippen LogP contribution in [0.25, 0.3) is 0 Å². The van der Waals surface area contributed by atoms with E-state index in [1.807, 2.05) is 18.3 Å². The third-order valence-electron chi connectivity index (χ3n) is 3.32. The van der Waals surface area contributed by atoms with Crippen molar-refractivity contribution >= 4 is 16.5 Å². The maximum absolute atomic E-state index is 6.50. The van der Waals surface area contributed by atoms with Gasteiger partial charge in [0, 0.05) is 29.2 Å². The van der Waals surface area contributed by atoms with Gasteiger partial charge in [0.1, 0.15) is 0 Å². The van der Waals surface area contributed by atoms with E-state index in [1.165, 1.54) is 4.88 Å². The van der Waals surface area contributed by atoms with Crippen molar-refractivity contribution in [1.29, 1.82) is 0 Å². The van der Waals surface area contributed by atoms with Crippen LogP contribution in [0.2, 0.25) is 0 Å². The molecular formula is C12H14N4S. The van der Waals surface area contributed by atoms with E-state index in [2.05, 4.69) is 9.97 Å². The fourth-order valence-corrected chi connectivity index (χ4v) is 3.36. The molecule has 0 radical (unpaired) electrons. The average Bonchev–Trinajstić information content (AvgIpc) is 2.69. The Morgan fingerprint density at radius 3 is 3.06 bits per heavy atom. The number of fused-ring (bicyclic) bond motifs is 1. The van der Waals surface area contributed by atoms with E-state index in [9.17, 15) is 0 Å². The number of nitrogen functional groups attached to an aromatic ring is 1. The van der Waals surface area contributed by atoms with E-state index in [-0.39, 0.29) is 5.54 Å². The number of hydrogen-bond donors (Lipinski definition) is 2. The molecule has 4 nitrogen and oxygen atoms in total. The summed E-state index contributed by atoms with van der Waals surface area (Å²) >= 11 is 1.55. The molecule has 0 fully saturated rings. The van der Waals surface area contributed by atoms with Gasteiger partial charge in [0.15, 0.2) is 5.13 Å². The summed E-state index contributed by atoms with van der Waals surface area (Å²) in [6, 6.07) is 3.98. The second-order valence-electron chi connectivity index (χ2n) is 4.50. The topological polar surface area (TPSA) is 77.8 Å². The van der Waals surface area contributed by atoms with Gasteiger partial charge in [-0.2, -0.15) is 0 Å². The monoisotopic (exact) mass is 246 g/mol. The molecule has 0 saturated heterocycles. The zero-order valence-corrected chi connectivity index (χ0v) is 10.2. The highest BCUT2D eigenvalue weighted by Crippen LogP contribution is 2.37. The standard InChI is InChI=1S/C12H14N4S/c13-11-16-9-3-4-12(14,6-10(9)17-11)8-2-1-5-15-7-8/h1-2,5,7H,3-4,6,14H2,(H2,13,16). The SMILES string of the molecule is Nc1nc2c(s1)CC(N)(c1cccnc1)CC2. The van der Waals surface area contributed by atoms with E-state index in [0.717, 1.165) is 30.5 Å². The summed E-state index contributed by atoms with van der Waals surface area (Å²) in [6.45, 7) is 0. The zero-order valence-electron chi connectivity index (χ0n) is 9.39. The van der Waals surface area contributed by atoms with Crippen molar-refractivity contribution in [2.45, 2.75) is 24.8 Å². The van der Waals surface area contributed by atoms with Gasteiger partial charge in [-0.3, -0.25) is 4.98 Å². The average molecular weight is 246 g/mol. The lowest BCUT2D eigenvalue weighted by Gasteiger charge is -2.32. The van der Waals surface area contributed by atoms with E-state index in [0.29, 0.717) is 5.13 Å². The highest BCUT2D eigenvalue weighted by molar-refractivity contribution is 7.15. The molecule has 2 heterocycles. The van der Waals surface area contributed by atoms with Crippen molar-refractivity contribution in [3.8, 4) is 0 Å². The van der Waals surface area contributed by atoms with E-state index >= 15 is 0 Å². The first-order valence-corrected chi connectivity index (χ1v) is 6.42. The van der Waals surface area contributed by atoms with Gasteiger partial charge in [-0.25, -0.2) is 4.98 Å². The van der Waals surface area contributed by atoms with Crippen LogP contribution in [0.15, 0.2) is 24.5 Å². The molecule has 2 aromatic rings. The summed E-state index contributed by atoms with van der Waals surface area (Å²) in [7, 11) is 0. The predicted octanol–water partition coefficient (Wildman–Crippen LogP) is 1.46. The van der Waals surface area contributed by atoms with Crippen molar-refractivity contribution in [1.82, 2.24) is 9.97 Å². The van der Waals surface area contributed by atoms with Crippen LogP contribution in [0.3, 0.4) is 0 Å². The Morgan fingerprint density at radius 2 is 2.29 bits per heavy atom. The van der Waals surface area contributed by atoms with Crippen molar-refractivity contribution in [3.63, 3.8) is 0 Å². The zero-order chi connectivity index (χ0) is 11.9. The molecule has 0 saturated carbocycles. The van der Waals surface area contributed by atoms with Crippen molar-refractivity contribution in [3.05, 3.63) is 40.7 Å². The Hall–Kier alpha value is -1.46.